The summed E-state index contributed by atoms with van der Waals surface area (Å²) in [6.07, 6.45) is 12.5. The molecule has 110 valence electrons. The summed E-state index contributed by atoms with van der Waals surface area (Å²) in [5, 5.41) is 20.9. The maximum atomic E-state index is 10.9. The number of benzene rings is 1. The molecule has 2 nitrogen and oxygen atoms in total. The van der Waals surface area contributed by atoms with Gasteiger partial charge in [-0.2, -0.15) is 0 Å². The quantitative estimate of drug-likeness (QED) is 0.863. The second-order valence-electron chi connectivity index (χ2n) is 6.17. The minimum Gasteiger partial charge on any atom is -0.512 e. The fourth-order valence-electron chi connectivity index (χ4n) is 3.46. The summed E-state index contributed by atoms with van der Waals surface area (Å²) in [5.74, 6) is 0.549. The summed E-state index contributed by atoms with van der Waals surface area (Å²) in [7, 11) is 0. The lowest BCUT2D eigenvalue weighted by molar-refractivity contribution is 0.0197. The zero-order chi connectivity index (χ0) is 14.7. The highest BCUT2D eigenvalue weighted by atomic mass is 16.3. The van der Waals surface area contributed by atoms with Gasteiger partial charge in [0, 0.05) is 6.42 Å². The van der Waals surface area contributed by atoms with Crippen LogP contribution in [-0.2, 0) is 0 Å². The molecule has 0 saturated heterocycles. The molecule has 0 aromatic heterocycles. The monoisotopic (exact) mass is 282 g/mol. The van der Waals surface area contributed by atoms with Crippen molar-refractivity contribution in [1.82, 2.24) is 0 Å². The zero-order valence-electron chi connectivity index (χ0n) is 12.2. The molecule has 0 bridgehead atoms. The van der Waals surface area contributed by atoms with Gasteiger partial charge < -0.3 is 10.2 Å². The van der Waals surface area contributed by atoms with E-state index in [2.05, 4.69) is 0 Å². The predicted octanol–water partition coefficient (Wildman–Crippen LogP) is 4.39. The van der Waals surface area contributed by atoms with Gasteiger partial charge in [-0.25, -0.2) is 0 Å². The number of aliphatic hydroxyl groups is 2. The van der Waals surface area contributed by atoms with Crippen LogP contribution in [0.3, 0.4) is 0 Å². The van der Waals surface area contributed by atoms with E-state index < -0.39 is 5.60 Å². The molecule has 21 heavy (non-hydrogen) atoms. The smallest absolute Gasteiger partial charge is 0.0960 e. The Kier molecular flexibility index (Phi) is 3.98. The minimum absolute atomic E-state index is 0.272. The maximum Gasteiger partial charge on any atom is 0.0960 e. The van der Waals surface area contributed by atoms with Crippen LogP contribution in [0.4, 0.5) is 0 Å². The molecule has 0 amide bonds. The highest BCUT2D eigenvalue weighted by Gasteiger charge is 2.38. The summed E-state index contributed by atoms with van der Waals surface area (Å²) in [5.41, 5.74) is 1.12. The van der Waals surface area contributed by atoms with E-state index in [1.165, 1.54) is 12.8 Å². The highest BCUT2D eigenvalue weighted by Crippen LogP contribution is 2.41. The van der Waals surface area contributed by atoms with Gasteiger partial charge in [0.1, 0.15) is 0 Å². The van der Waals surface area contributed by atoms with Crippen LogP contribution in [0.15, 0.2) is 59.9 Å². The van der Waals surface area contributed by atoms with Crippen molar-refractivity contribution in [3.63, 3.8) is 0 Å². The van der Waals surface area contributed by atoms with Crippen LogP contribution >= 0.6 is 0 Å². The van der Waals surface area contributed by atoms with Crippen LogP contribution in [0.25, 0.3) is 6.08 Å². The highest BCUT2D eigenvalue weighted by molar-refractivity contribution is 5.55. The molecular formula is C19H22O2. The largest absolute Gasteiger partial charge is 0.512 e. The van der Waals surface area contributed by atoms with Gasteiger partial charge in [0.25, 0.3) is 0 Å². The molecule has 1 aromatic carbocycles. The van der Waals surface area contributed by atoms with E-state index >= 15 is 0 Å². The van der Waals surface area contributed by atoms with Crippen LogP contribution in [-0.4, -0.2) is 15.8 Å². The van der Waals surface area contributed by atoms with Gasteiger partial charge in [-0.15, -0.1) is 0 Å². The van der Waals surface area contributed by atoms with Crippen molar-refractivity contribution in [2.45, 2.75) is 37.7 Å². The van der Waals surface area contributed by atoms with Gasteiger partial charge in [-0.05, 0) is 42.0 Å². The van der Waals surface area contributed by atoms with Crippen molar-refractivity contribution in [3.8, 4) is 0 Å². The summed E-state index contributed by atoms with van der Waals surface area (Å²) in [6, 6.07) is 10.1. The van der Waals surface area contributed by atoms with E-state index in [4.69, 9.17) is 0 Å². The molecule has 2 aliphatic rings. The molecule has 0 radical (unpaired) electrons. The first-order valence-electron chi connectivity index (χ1n) is 7.74. The Hall–Kier alpha value is -1.80. The molecule has 2 N–H and O–H groups in total. The third-order valence-corrected chi connectivity index (χ3v) is 4.54. The van der Waals surface area contributed by atoms with Crippen LogP contribution in [0.5, 0.6) is 0 Å². The Labute approximate surface area is 126 Å². The van der Waals surface area contributed by atoms with Crippen LogP contribution in [0.1, 0.15) is 37.7 Å². The Morgan fingerprint density at radius 1 is 1.05 bits per heavy atom. The van der Waals surface area contributed by atoms with Gasteiger partial charge >= 0.3 is 0 Å². The molecule has 0 aliphatic heterocycles. The molecule has 1 aromatic rings. The lowest BCUT2D eigenvalue weighted by Gasteiger charge is -2.33. The van der Waals surface area contributed by atoms with Crippen LogP contribution in [0.2, 0.25) is 0 Å². The van der Waals surface area contributed by atoms with Gasteiger partial charge in [0.05, 0.1) is 11.4 Å². The van der Waals surface area contributed by atoms with Crippen molar-refractivity contribution >= 4 is 6.08 Å². The lowest BCUT2D eigenvalue weighted by Crippen LogP contribution is -2.36. The third kappa shape index (κ3) is 3.27. The number of aliphatic hydroxyl groups excluding tert-OH is 1. The standard InChI is InChI=1S/C19H22O2/c20-18-12-16(11-10-15-6-2-1-3-7-15)13-19(21,14-18)17-8-4-5-9-17/h1-3,6-7,10-13,17,20-21H,4-5,8-9,14H2/b11-10+. The maximum absolute atomic E-state index is 10.9. The molecule has 1 unspecified atom stereocenters. The van der Waals surface area contributed by atoms with Crippen molar-refractivity contribution in [3.05, 3.63) is 65.5 Å². The number of hydrogen-bond donors (Lipinski definition) is 2. The topological polar surface area (TPSA) is 40.5 Å². The average Bonchev–Trinajstić information content (AvgIpc) is 3.00. The molecule has 3 rings (SSSR count). The van der Waals surface area contributed by atoms with Crippen LogP contribution < -0.4 is 0 Å². The molecule has 1 atom stereocenters. The average molecular weight is 282 g/mol. The first-order valence-corrected chi connectivity index (χ1v) is 7.74. The fourth-order valence-corrected chi connectivity index (χ4v) is 3.46. The SMILES string of the molecule is OC1=CC(/C=C/c2ccccc2)=CC(O)(C2CCCC2)C1. The molecule has 1 saturated carbocycles. The minimum atomic E-state index is -0.883. The van der Waals surface area contributed by atoms with E-state index in [1.807, 2.05) is 48.6 Å². The van der Waals surface area contributed by atoms with E-state index in [0.717, 1.165) is 24.0 Å². The Balaban J connectivity index is 1.82. The second kappa shape index (κ2) is 5.90. The summed E-state index contributed by atoms with van der Waals surface area (Å²) in [6.45, 7) is 0. The molecule has 2 heteroatoms. The van der Waals surface area contributed by atoms with Crippen molar-refractivity contribution in [2.24, 2.45) is 5.92 Å². The Morgan fingerprint density at radius 3 is 2.48 bits per heavy atom. The normalized spacial score (nSPS) is 26.9. The number of hydrogen-bond acceptors (Lipinski definition) is 2. The first kappa shape index (κ1) is 14.2. The number of rotatable bonds is 3. The van der Waals surface area contributed by atoms with Crippen molar-refractivity contribution in [2.75, 3.05) is 0 Å². The van der Waals surface area contributed by atoms with E-state index in [9.17, 15) is 10.2 Å². The first-order chi connectivity index (χ1) is 10.2. The molecule has 2 aliphatic carbocycles. The number of allylic oxidation sites excluding steroid dienone is 3. The van der Waals surface area contributed by atoms with Gasteiger partial charge in [0.15, 0.2) is 0 Å². The molecular weight excluding hydrogens is 260 g/mol. The van der Waals surface area contributed by atoms with E-state index in [-0.39, 0.29) is 11.7 Å². The third-order valence-electron chi connectivity index (χ3n) is 4.54. The summed E-state index contributed by atoms with van der Waals surface area (Å²) >= 11 is 0. The van der Waals surface area contributed by atoms with Gasteiger partial charge in [0.2, 0.25) is 0 Å². The molecule has 0 spiro atoms. The van der Waals surface area contributed by atoms with Gasteiger partial charge in [-0.3, -0.25) is 0 Å². The Bertz CT molecular complexity index is 577. The van der Waals surface area contributed by atoms with Crippen molar-refractivity contribution in [1.29, 1.82) is 0 Å². The fraction of sp³-hybridized carbons (Fsp3) is 0.368. The van der Waals surface area contributed by atoms with E-state index in [1.54, 1.807) is 6.08 Å². The molecule has 1 fully saturated rings. The lowest BCUT2D eigenvalue weighted by atomic mass is 9.78. The van der Waals surface area contributed by atoms with E-state index in [0.29, 0.717) is 6.42 Å². The Morgan fingerprint density at radius 2 is 1.76 bits per heavy atom. The summed E-state index contributed by atoms with van der Waals surface area (Å²) < 4.78 is 0. The zero-order valence-corrected chi connectivity index (χ0v) is 12.2. The second-order valence-corrected chi connectivity index (χ2v) is 6.17. The summed E-state index contributed by atoms with van der Waals surface area (Å²) in [4.78, 5) is 0. The van der Waals surface area contributed by atoms with Crippen LogP contribution in [0, 0.1) is 5.92 Å². The molecule has 0 heterocycles. The van der Waals surface area contributed by atoms with Gasteiger partial charge in [-0.1, -0.05) is 55.3 Å². The predicted molar refractivity (Wildman–Crippen MR) is 85.8 cm³/mol. The van der Waals surface area contributed by atoms with Crippen molar-refractivity contribution < 1.29 is 10.2 Å².